The fourth-order valence-corrected chi connectivity index (χ4v) is 7.08. The molecule has 50 heavy (non-hydrogen) atoms. The lowest BCUT2D eigenvalue weighted by atomic mass is 9.90. The quantitative estimate of drug-likeness (QED) is 0.101. The zero-order valence-corrected chi connectivity index (χ0v) is 28.1. The third kappa shape index (κ3) is 5.68. The molecule has 0 saturated carbocycles. The van der Waals surface area contributed by atoms with Gasteiger partial charge in [0.1, 0.15) is 0 Å². The topological polar surface area (TPSA) is 28.0 Å². The summed E-state index contributed by atoms with van der Waals surface area (Å²) in [5, 5.41) is 4.92. The minimum atomic E-state index is -0.253. The Morgan fingerprint density at radius 1 is 0.640 bits per heavy atom. The highest BCUT2D eigenvalue weighted by atomic mass is 15.3. The minimum Gasteiger partial charge on any atom is -0.340 e. The first kappa shape index (κ1) is 30.8. The molecule has 8 rings (SSSR count). The molecule has 0 spiro atoms. The summed E-state index contributed by atoms with van der Waals surface area (Å²) in [6.07, 6.45) is 10.1. The third-order valence-corrected chi connectivity index (χ3v) is 9.63. The molecule has 0 aliphatic carbocycles. The molecule has 1 aliphatic rings. The number of hydrogen-bond acceptors (Lipinski definition) is 3. The van der Waals surface area contributed by atoms with E-state index in [0.717, 1.165) is 50.1 Å². The molecule has 7 aromatic rings. The molecule has 1 heterocycles. The molecule has 3 nitrogen and oxygen atoms in total. The molecule has 238 valence electrons. The van der Waals surface area contributed by atoms with Crippen molar-refractivity contribution in [2.75, 3.05) is 7.05 Å². The first-order chi connectivity index (χ1) is 24.6. The minimum absolute atomic E-state index is 0.253. The molecular formula is C47H35N3. The lowest BCUT2D eigenvalue weighted by Gasteiger charge is -2.28. The van der Waals surface area contributed by atoms with Crippen molar-refractivity contribution in [3.8, 4) is 34.6 Å². The summed E-state index contributed by atoms with van der Waals surface area (Å²) in [5.41, 5.74) is 10.8. The summed E-state index contributed by atoms with van der Waals surface area (Å²) in [6.45, 7) is 2.19. The van der Waals surface area contributed by atoms with Crippen molar-refractivity contribution in [1.29, 1.82) is 0 Å². The van der Waals surface area contributed by atoms with E-state index in [0.29, 0.717) is 5.84 Å². The van der Waals surface area contributed by atoms with Gasteiger partial charge in [-0.25, -0.2) is 9.98 Å². The second-order valence-corrected chi connectivity index (χ2v) is 12.7. The number of hydrogen-bond donors (Lipinski definition) is 0. The largest absolute Gasteiger partial charge is 0.340 e. The highest BCUT2D eigenvalue weighted by molar-refractivity contribution is 6.14. The van der Waals surface area contributed by atoms with Gasteiger partial charge >= 0.3 is 0 Å². The standard InChI is InChI=1S/C47H35N3/c1-4-33(30-45-32(2)39-22-8-10-24-41(39)42-25-11-12-26-43(42)45)35-18-14-20-37(28-35)40-23-9-13-27-44(40)47-49-46(48-31-50(47)3)38-21-15-19-36(29-38)34-16-6-5-7-17-34/h1,5-31,47H,2-3H3/b33-30+. The molecule has 0 amide bonds. The Morgan fingerprint density at radius 3 is 2.06 bits per heavy atom. The van der Waals surface area contributed by atoms with Crippen molar-refractivity contribution in [1.82, 2.24) is 4.90 Å². The average molecular weight is 642 g/mol. The van der Waals surface area contributed by atoms with Crippen LogP contribution in [0.3, 0.4) is 0 Å². The Morgan fingerprint density at radius 2 is 1.26 bits per heavy atom. The maximum atomic E-state index is 6.27. The van der Waals surface area contributed by atoms with E-state index < -0.39 is 0 Å². The van der Waals surface area contributed by atoms with Crippen LogP contribution in [0.1, 0.15) is 34.0 Å². The molecule has 1 unspecified atom stereocenters. The van der Waals surface area contributed by atoms with E-state index in [2.05, 4.69) is 169 Å². The zero-order valence-electron chi connectivity index (χ0n) is 28.1. The highest BCUT2D eigenvalue weighted by Crippen LogP contribution is 2.37. The lowest BCUT2D eigenvalue weighted by molar-refractivity contribution is 0.394. The van der Waals surface area contributed by atoms with Crippen molar-refractivity contribution in [2.45, 2.75) is 13.1 Å². The van der Waals surface area contributed by atoms with Gasteiger partial charge in [-0.15, -0.1) is 6.42 Å². The SMILES string of the molecule is C#C/C(=C\c1c(C)c2ccccc2c2ccccc12)c1cccc(-c2ccccc2C2N=C(c3cccc(-c4ccccc4)c3)N=CN2C)c1. The van der Waals surface area contributed by atoms with Crippen LogP contribution >= 0.6 is 0 Å². The van der Waals surface area contributed by atoms with Crippen molar-refractivity contribution in [3.05, 3.63) is 179 Å². The van der Waals surface area contributed by atoms with Crippen LogP contribution < -0.4 is 0 Å². The molecule has 3 heteroatoms. The summed E-state index contributed by atoms with van der Waals surface area (Å²) >= 11 is 0. The maximum absolute atomic E-state index is 6.27. The average Bonchev–Trinajstić information content (AvgIpc) is 3.19. The number of fused-ring (bicyclic) bond motifs is 3. The van der Waals surface area contributed by atoms with Gasteiger partial charge in [0.2, 0.25) is 0 Å². The Bertz CT molecular complexity index is 2530. The van der Waals surface area contributed by atoms with Crippen molar-refractivity contribution >= 4 is 45.4 Å². The summed E-state index contributed by atoms with van der Waals surface area (Å²) in [6, 6.07) is 53.1. The fourth-order valence-electron chi connectivity index (χ4n) is 7.08. The van der Waals surface area contributed by atoms with Crippen LogP contribution in [-0.2, 0) is 0 Å². The van der Waals surface area contributed by atoms with Crippen LogP contribution in [0.4, 0.5) is 0 Å². The van der Waals surface area contributed by atoms with Crippen LogP contribution in [0.25, 0.3) is 55.4 Å². The van der Waals surface area contributed by atoms with Crippen molar-refractivity contribution < 1.29 is 0 Å². The first-order valence-corrected chi connectivity index (χ1v) is 16.9. The third-order valence-electron chi connectivity index (χ3n) is 9.63. The highest BCUT2D eigenvalue weighted by Gasteiger charge is 2.23. The predicted molar refractivity (Wildman–Crippen MR) is 212 cm³/mol. The Hall–Kier alpha value is -6.50. The van der Waals surface area contributed by atoms with Crippen molar-refractivity contribution in [2.24, 2.45) is 9.98 Å². The second kappa shape index (κ2) is 13.2. The molecule has 0 bridgehead atoms. The molecule has 7 aromatic carbocycles. The number of benzene rings is 7. The van der Waals surface area contributed by atoms with Gasteiger partial charge in [0, 0.05) is 23.7 Å². The fraction of sp³-hybridized carbons (Fsp3) is 0.0638. The first-order valence-electron chi connectivity index (χ1n) is 16.9. The smallest absolute Gasteiger partial charge is 0.158 e. The van der Waals surface area contributed by atoms with E-state index >= 15 is 0 Å². The predicted octanol–water partition coefficient (Wildman–Crippen LogP) is 11.2. The van der Waals surface area contributed by atoms with Gasteiger partial charge < -0.3 is 4.90 Å². The van der Waals surface area contributed by atoms with E-state index in [-0.39, 0.29) is 6.17 Å². The van der Waals surface area contributed by atoms with Gasteiger partial charge in [0.25, 0.3) is 0 Å². The molecule has 0 aromatic heterocycles. The number of allylic oxidation sites excluding steroid dienone is 1. The van der Waals surface area contributed by atoms with Gasteiger partial charge in [0.05, 0.1) is 6.34 Å². The van der Waals surface area contributed by atoms with E-state index in [9.17, 15) is 0 Å². The maximum Gasteiger partial charge on any atom is 0.158 e. The molecular weight excluding hydrogens is 607 g/mol. The second-order valence-electron chi connectivity index (χ2n) is 12.7. The number of nitrogens with zero attached hydrogens (tertiary/aromatic N) is 3. The van der Waals surface area contributed by atoms with Gasteiger partial charge in [0.15, 0.2) is 12.0 Å². The monoisotopic (exact) mass is 641 g/mol. The van der Waals surface area contributed by atoms with E-state index in [1.165, 1.54) is 27.1 Å². The number of rotatable bonds is 6. The van der Waals surface area contributed by atoms with Gasteiger partial charge in [-0.3, -0.25) is 0 Å². The Kier molecular flexibility index (Phi) is 8.13. The molecule has 0 N–H and O–H groups in total. The zero-order chi connectivity index (χ0) is 34.0. The summed E-state index contributed by atoms with van der Waals surface area (Å²) < 4.78 is 0. The van der Waals surface area contributed by atoms with Crippen molar-refractivity contribution in [3.63, 3.8) is 0 Å². The van der Waals surface area contributed by atoms with E-state index in [1.54, 1.807) is 0 Å². The number of terminal acetylenes is 1. The normalized spacial score (nSPS) is 14.5. The molecule has 0 fully saturated rings. The number of amidine groups is 1. The lowest BCUT2D eigenvalue weighted by Crippen LogP contribution is -2.27. The van der Waals surface area contributed by atoms with Crippen LogP contribution in [0.5, 0.6) is 0 Å². The van der Waals surface area contributed by atoms with Gasteiger partial charge in [-0.2, -0.15) is 0 Å². The van der Waals surface area contributed by atoms with Crippen LogP contribution in [-0.4, -0.2) is 24.1 Å². The van der Waals surface area contributed by atoms with Crippen LogP contribution in [0.2, 0.25) is 0 Å². The van der Waals surface area contributed by atoms with E-state index in [4.69, 9.17) is 16.4 Å². The molecule has 1 atom stereocenters. The summed E-state index contributed by atoms with van der Waals surface area (Å²) in [7, 11) is 2.03. The Balaban J connectivity index is 1.19. The van der Waals surface area contributed by atoms with E-state index in [1.807, 2.05) is 19.5 Å². The van der Waals surface area contributed by atoms with Crippen LogP contribution in [0, 0.1) is 19.3 Å². The van der Waals surface area contributed by atoms with Gasteiger partial charge in [-0.1, -0.05) is 145 Å². The Labute approximate surface area is 293 Å². The number of aryl methyl sites for hydroxylation is 1. The molecule has 0 saturated heterocycles. The number of aliphatic imine (C=N–C) groups is 2. The van der Waals surface area contributed by atoms with Gasteiger partial charge in [-0.05, 0) is 85.6 Å². The molecule has 0 radical (unpaired) electrons. The summed E-state index contributed by atoms with van der Waals surface area (Å²) in [5.74, 6) is 3.74. The molecule has 1 aliphatic heterocycles. The van der Waals surface area contributed by atoms with Crippen LogP contribution in [0.15, 0.2) is 162 Å². The summed E-state index contributed by atoms with van der Waals surface area (Å²) in [4.78, 5) is 12.0.